The van der Waals surface area contributed by atoms with Gasteiger partial charge in [-0.25, -0.2) is 4.68 Å². The van der Waals surface area contributed by atoms with E-state index in [9.17, 15) is 0 Å². The lowest BCUT2D eigenvalue weighted by molar-refractivity contribution is 0.177. The van der Waals surface area contributed by atoms with Gasteiger partial charge in [-0.05, 0) is 18.5 Å². The molecule has 1 saturated heterocycles. The predicted molar refractivity (Wildman–Crippen MR) is 116 cm³/mol. The van der Waals surface area contributed by atoms with Crippen LogP contribution in [-0.2, 0) is 13.0 Å². The highest BCUT2D eigenvalue weighted by atomic mass is 15.5. The molecule has 0 spiro atoms. The number of nitrogens with zero attached hydrogens (tertiary/aromatic N) is 5. The number of rotatable bonds is 5. The molecule has 1 fully saturated rings. The molecule has 2 aliphatic heterocycles. The van der Waals surface area contributed by atoms with E-state index < -0.39 is 0 Å². The topological polar surface area (TPSA) is 37.2 Å². The minimum atomic E-state index is 0.368. The molecule has 0 saturated carbocycles. The molecule has 5 rings (SSSR count). The molecule has 150 valence electrons. The van der Waals surface area contributed by atoms with Gasteiger partial charge in [0.1, 0.15) is 5.69 Å². The summed E-state index contributed by atoms with van der Waals surface area (Å²) in [6.07, 6.45) is 2.21. The first-order chi connectivity index (χ1) is 14.3. The monoisotopic (exact) mass is 387 g/mol. The van der Waals surface area contributed by atoms with E-state index in [1.807, 2.05) is 0 Å². The van der Waals surface area contributed by atoms with Gasteiger partial charge >= 0.3 is 0 Å². The summed E-state index contributed by atoms with van der Waals surface area (Å²) < 4.78 is 2.26. The lowest BCUT2D eigenvalue weighted by Gasteiger charge is -2.29. The number of benzene rings is 2. The van der Waals surface area contributed by atoms with Gasteiger partial charge in [0.05, 0.1) is 11.7 Å². The maximum Gasteiger partial charge on any atom is 0.116 e. The highest BCUT2D eigenvalue weighted by Crippen LogP contribution is 2.34. The molecule has 3 heterocycles. The molecular formula is C24H29N5. The van der Waals surface area contributed by atoms with Crippen LogP contribution in [0.15, 0.2) is 60.7 Å². The molecule has 29 heavy (non-hydrogen) atoms. The molecule has 2 aromatic carbocycles. The van der Waals surface area contributed by atoms with E-state index in [0.29, 0.717) is 12.1 Å². The third kappa shape index (κ3) is 3.61. The molecule has 5 heteroatoms. The van der Waals surface area contributed by atoms with Gasteiger partial charge in [-0.1, -0.05) is 72.8 Å². The Morgan fingerprint density at radius 1 is 0.931 bits per heavy atom. The van der Waals surface area contributed by atoms with Crippen molar-refractivity contribution in [3.63, 3.8) is 0 Å². The van der Waals surface area contributed by atoms with Crippen LogP contribution in [0, 0.1) is 0 Å². The highest BCUT2D eigenvalue weighted by Gasteiger charge is 2.41. The molecule has 3 aromatic rings. The van der Waals surface area contributed by atoms with Crippen molar-refractivity contribution in [2.75, 3.05) is 26.2 Å². The fourth-order valence-corrected chi connectivity index (χ4v) is 5.03. The van der Waals surface area contributed by atoms with Gasteiger partial charge < -0.3 is 0 Å². The minimum Gasteiger partial charge on any atom is -0.297 e. The Labute approximate surface area is 172 Å². The quantitative estimate of drug-likeness (QED) is 0.670. The second-order valence-corrected chi connectivity index (χ2v) is 8.30. The van der Waals surface area contributed by atoms with Crippen molar-refractivity contribution >= 4 is 0 Å². The molecule has 2 unspecified atom stereocenters. The summed E-state index contributed by atoms with van der Waals surface area (Å²) in [6.45, 7) is 7.65. The second-order valence-electron chi connectivity index (χ2n) is 8.30. The molecule has 2 aliphatic rings. The maximum absolute atomic E-state index is 4.69. The van der Waals surface area contributed by atoms with Gasteiger partial charge in [-0.3, -0.25) is 9.80 Å². The Hall–Kier alpha value is -2.50. The lowest BCUT2D eigenvalue weighted by atomic mass is 10.1. The van der Waals surface area contributed by atoms with Crippen LogP contribution in [0.4, 0.5) is 0 Å². The number of aromatic nitrogens is 3. The van der Waals surface area contributed by atoms with E-state index in [0.717, 1.165) is 44.8 Å². The van der Waals surface area contributed by atoms with Crippen LogP contribution in [0.5, 0.6) is 0 Å². The maximum atomic E-state index is 4.69. The lowest BCUT2D eigenvalue weighted by Crippen LogP contribution is -2.41. The van der Waals surface area contributed by atoms with Crippen LogP contribution in [-0.4, -0.2) is 57.0 Å². The average molecular weight is 388 g/mol. The highest BCUT2D eigenvalue weighted by molar-refractivity contribution is 5.61. The van der Waals surface area contributed by atoms with Crippen LogP contribution < -0.4 is 0 Å². The van der Waals surface area contributed by atoms with Crippen LogP contribution in [0.25, 0.3) is 11.3 Å². The first-order valence-electron chi connectivity index (χ1n) is 10.8. The van der Waals surface area contributed by atoms with E-state index in [4.69, 9.17) is 0 Å². The van der Waals surface area contributed by atoms with Gasteiger partial charge in [0, 0.05) is 44.2 Å². The molecule has 0 N–H and O–H groups in total. The van der Waals surface area contributed by atoms with Gasteiger partial charge in [-0.2, -0.15) is 0 Å². The van der Waals surface area contributed by atoms with Gasteiger partial charge in [0.25, 0.3) is 0 Å². The normalized spacial score (nSPS) is 22.2. The smallest absolute Gasteiger partial charge is 0.116 e. The molecule has 1 aromatic heterocycles. The zero-order chi connectivity index (χ0) is 19.6. The van der Waals surface area contributed by atoms with Crippen molar-refractivity contribution < 1.29 is 0 Å². The summed E-state index contributed by atoms with van der Waals surface area (Å²) in [5.74, 6) is 0. The minimum absolute atomic E-state index is 0.368. The molecule has 0 radical (unpaired) electrons. The Bertz CT molecular complexity index is 936. The van der Waals surface area contributed by atoms with Crippen molar-refractivity contribution in [3.8, 4) is 11.3 Å². The van der Waals surface area contributed by atoms with Gasteiger partial charge in [0.15, 0.2) is 0 Å². The summed E-state index contributed by atoms with van der Waals surface area (Å²) in [6, 6.07) is 22.2. The van der Waals surface area contributed by atoms with Crippen molar-refractivity contribution in [2.24, 2.45) is 0 Å². The summed E-state index contributed by atoms with van der Waals surface area (Å²) in [5.41, 5.74) is 4.92. The van der Waals surface area contributed by atoms with Crippen molar-refractivity contribution in [3.05, 3.63) is 71.9 Å². The number of likely N-dealkylation sites (tertiary alicyclic amines) is 1. The van der Waals surface area contributed by atoms with E-state index in [2.05, 4.69) is 92.4 Å². The third-order valence-electron chi connectivity index (χ3n) is 6.35. The molecule has 0 bridgehead atoms. The van der Waals surface area contributed by atoms with Crippen LogP contribution in [0.3, 0.4) is 0 Å². The van der Waals surface area contributed by atoms with Gasteiger partial charge in [0.2, 0.25) is 0 Å². The number of hydrogen-bond donors (Lipinski definition) is 0. The van der Waals surface area contributed by atoms with Crippen LogP contribution in [0.1, 0.15) is 30.6 Å². The predicted octanol–water partition coefficient (Wildman–Crippen LogP) is 3.64. The standard InChI is InChI=1S/C24H29N5/c1-2-14-28-15-13-21-24(20-11-7-4-8-12-20)25-26-29(21)23-18-27(17-22(23)28)16-19-9-5-3-6-10-19/h3-12,22-23H,2,13-18H2,1H3. The first-order valence-corrected chi connectivity index (χ1v) is 10.8. The zero-order valence-electron chi connectivity index (χ0n) is 17.1. The van der Waals surface area contributed by atoms with E-state index in [1.54, 1.807) is 0 Å². The molecule has 0 aliphatic carbocycles. The van der Waals surface area contributed by atoms with Crippen molar-refractivity contribution in [1.82, 2.24) is 24.8 Å². The first kappa shape index (κ1) is 18.5. The zero-order valence-corrected chi connectivity index (χ0v) is 17.1. The number of fused-ring (bicyclic) bond motifs is 3. The fourth-order valence-electron chi connectivity index (χ4n) is 5.03. The van der Waals surface area contributed by atoms with Crippen LogP contribution in [0.2, 0.25) is 0 Å². The van der Waals surface area contributed by atoms with Crippen LogP contribution >= 0.6 is 0 Å². The molecule has 0 amide bonds. The SMILES string of the molecule is CCCN1CCc2c(-c3ccccc3)nnn2C2CN(Cc3ccccc3)CC21. The van der Waals surface area contributed by atoms with Crippen molar-refractivity contribution in [1.29, 1.82) is 0 Å². The number of hydrogen-bond acceptors (Lipinski definition) is 4. The van der Waals surface area contributed by atoms with Crippen molar-refractivity contribution in [2.45, 2.75) is 38.4 Å². The molecular weight excluding hydrogens is 358 g/mol. The third-order valence-corrected chi connectivity index (χ3v) is 6.35. The summed E-state index contributed by atoms with van der Waals surface area (Å²) >= 11 is 0. The Balaban J connectivity index is 1.46. The average Bonchev–Trinajstić information content (AvgIpc) is 3.33. The largest absolute Gasteiger partial charge is 0.297 e. The summed E-state index contributed by atoms with van der Waals surface area (Å²) in [5, 5.41) is 9.31. The van der Waals surface area contributed by atoms with E-state index >= 15 is 0 Å². The van der Waals surface area contributed by atoms with E-state index in [-0.39, 0.29) is 0 Å². The van der Waals surface area contributed by atoms with Gasteiger partial charge in [-0.15, -0.1) is 5.10 Å². The molecule has 2 atom stereocenters. The summed E-state index contributed by atoms with van der Waals surface area (Å²) in [7, 11) is 0. The Kier molecular flexibility index (Phi) is 5.17. The van der Waals surface area contributed by atoms with E-state index in [1.165, 1.54) is 23.2 Å². The Morgan fingerprint density at radius 3 is 2.41 bits per heavy atom. The second kappa shape index (κ2) is 8.09. The Morgan fingerprint density at radius 2 is 1.66 bits per heavy atom. The fraction of sp³-hybridized carbons (Fsp3) is 0.417. The summed E-state index contributed by atoms with van der Waals surface area (Å²) in [4.78, 5) is 5.28. The molecule has 5 nitrogen and oxygen atoms in total.